The Morgan fingerprint density at radius 3 is 2.42 bits per heavy atom. The molecule has 33 heavy (non-hydrogen) atoms. The maximum absolute atomic E-state index is 13.1. The van der Waals surface area contributed by atoms with Crippen LogP contribution in [0.4, 0.5) is 4.39 Å². The Kier molecular flexibility index (Phi) is 5.60. The molecule has 2 heterocycles. The fourth-order valence-electron chi connectivity index (χ4n) is 4.20. The Labute approximate surface area is 190 Å². The minimum atomic E-state index is -0.318. The minimum Gasteiger partial charge on any atom is -0.349 e. The number of piperidine rings is 1. The van der Waals surface area contributed by atoms with E-state index in [2.05, 4.69) is 15.5 Å². The van der Waals surface area contributed by atoms with Crippen molar-refractivity contribution in [2.24, 2.45) is 0 Å². The molecule has 0 radical (unpaired) electrons. The number of nitrogens with zero attached hydrogens (tertiary/aromatic N) is 2. The molecule has 0 unspecified atom stereocenters. The number of benzene rings is 3. The topological polar surface area (TPSA) is 78.1 Å². The van der Waals surface area contributed by atoms with E-state index in [4.69, 9.17) is 0 Å². The summed E-state index contributed by atoms with van der Waals surface area (Å²) in [5.74, 6) is -0.542. The van der Waals surface area contributed by atoms with Crippen molar-refractivity contribution < 1.29 is 14.0 Å². The van der Waals surface area contributed by atoms with Gasteiger partial charge in [0.2, 0.25) is 0 Å². The number of halogens is 1. The van der Waals surface area contributed by atoms with Crippen molar-refractivity contribution in [3.8, 4) is 11.3 Å². The fraction of sp³-hybridized carbons (Fsp3) is 0.192. The second-order valence-electron chi connectivity index (χ2n) is 8.28. The Morgan fingerprint density at radius 2 is 1.67 bits per heavy atom. The van der Waals surface area contributed by atoms with Gasteiger partial charge in [0, 0.05) is 30.3 Å². The fourth-order valence-corrected chi connectivity index (χ4v) is 4.20. The van der Waals surface area contributed by atoms with Crippen LogP contribution in [0, 0.1) is 5.82 Å². The van der Waals surface area contributed by atoms with Crippen LogP contribution in [-0.4, -0.2) is 46.0 Å². The molecule has 0 bridgehead atoms. The highest BCUT2D eigenvalue weighted by atomic mass is 19.1. The molecular weight excluding hydrogens is 419 g/mol. The molecule has 5 rings (SSSR count). The van der Waals surface area contributed by atoms with Crippen molar-refractivity contribution in [2.45, 2.75) is 18.9 Å². The van der Waals surface area contributed by atoms with Crippen LogP contribution in [0.3, 0.4) is 0 Å². The third-order valence-corrected chi connectivity index (χ3v) is 6.08. The van der Waals surface area contributed by atoms with Crippen molar-refractivity contribution in [1.29, 1.82) is 0 Å². The summed E-state index contributed by atoms with van der Waals surface area (Å²) in [5.41, 5.74) is 2.36. The highest BCUT2D eigenvalue weighted by molar-refractivity contribution is 5.98. The molecule has 1 aromatic heterocycles. The molecule has 0 spiro atoms. The molecule has 0 aliphatic carbocycles. The van der Waals surface area contributed by atoms with Crippen LogP contribution in [0.2, 0.25) is 0 Å². The Balaban J connectivity index is 1.18. The molecule has 2 amide bonds. The lowest BCUT2D eigenvalue weighted by atomic mass is 10.0. The molecule has 1 aliphatic rings. The van der Waals surface area contributed by atoms with Gasteiger partial charge in [-0.25, -0.2) is 4.39 Å². The molecule has 1 aliphatic heterocycles. The number of aromatic amines is 1. The number of likely N-dealkylation sites (tertiary alicyclic amines) is 1. The third-order valence-electron chi connectivity index (χ3n) is 6.08. The van der Waals surface area contributed by atoms with Gasteiger partial charge in [-0.2, -0.15) is 5.10 Å². The molecule has 1 saturated heterocycles. The number of nitrogens with one attached hydrogen (secondary N) is 2. The quantitative estimate of drug-likeness (QED) is 0.492. The second kappa shape index (κ2) is 8.86. The average Bonchev–Trinajstić information content (AvgIpc) is 3.34. The summed E-state index contributed by atoms with van der Waals surface area (Å²) in [7, 11) is 0. The summed E-state index contributed by atoms with van der Waals surface area (Å²) in [6, 6.07) is 21.3. The monoisotopic (exact) mass is 442 g/mol. The van der Waals surface area contributed by atoms with Crippen LogP contribution in [0.5, 0.6) is 0 Å². The van der Waals surface area contributed by atoms with Gasteiger partial charge in [-0.15, -0.1) is 0 Å². The largest absolute Gasteiger partial charge is 0.349 e. The van der Waals surface area contributed by atoms with E-state index >= 15 is 0 Å². The third kappa shape index (κ3) is 4.48. The summed E-state index contributed by atoms with van der Waals surface area (Å²) in [6.07, 6.45) is 1.37. The van der Waals surface area contributed by atoms with Crippen LogP contribution in [-0.2, 0) is 0 Å². The van der Waals surface area contributed by atoms with Crippen molar-refractivity contribution in [3.05, 3.63) is 89.9 Å². The van der Waals surface area contributed by atoms with Gasteiger partial charge in [0.1, 0.15) is 11.5 Å². The molecule has 6 nitrogen and oxygen atoms in total. The molecular formula is C26H23FN4O2. The predicted octanol–water partition coefficient (Wildman–Crippen LogP) is 4.40. The first-order valence-electron chi connectivity index (χ1n) is 11.0. The van der Waals surface area contributed by atoms with E-state index in [1.54, 1.807) is 23.1 Å². The first kappa shape index (κ1) is 20.9. The number of hydrogen-bond donors (Lipinski definition) is 2. The highest BCUT2D eigenvalue weighted by Crippen LogP contribution is 2.21. The molecule has 2 N–H and O–H groups in total. The number of H-pyrrole nitrogens is 1. The summed E-state index contributed by atoms with van der Waals surface area (Å²) in [6.45, 7) is 1.10. The van der Waals surface area contributed by atoms with Crippen molar-refractivity contribution >= 4 is 22.6 Å². The lowest BCUT2D eigenvalue weighted by Gasteiger charge is -2.32. The number of hydrogen-bond acceptors (Lipinski definition) is 3. The van der Waals surface area contributed by atoms with Gasteiger partial charge in [-0.05, 0) is 66.1 Å². The normalized spacial score (nSPS) is 14.4. The number of rotatable bonds is 4. The molecule has 1 fully saturated rings. The van der Waals surface area contributed by atoms with Gasteiger partial charge in [-0.1, -0.05) is 30.3 Å². The SMILES string of the molecule is O=C(NC1CCN(C(=O)c2cc(-c3ccc(F)cc3)n[nH]2)CC1)c1ccc2ccccc2c1. The molecule has 0 atom stereocenters. The van der Waals surface area contributed by atoms with Crippen LogP contribution in [0.1, 0.15) is 33.7 Å². The summed E-state index contributed by atoms with van der Waals surface area (Å²) in [5, 5.41) is 12.2. The van der Waals surface area contributed by atoms with Crippen LogP contribution < -0.4 is 5.32 Å². The maximum atomic E-state index is 13.1. The summed E-state index contributed by atoms with van der Waals surface area (Å²) < 4.78 is 13.1. The van der Waals surface area contributed by atoms with Gasteiger partial charge in [0.05, 0.1) is 5.69 Å². The van der Waals surface area contributed by atoms with Gasteiger partial charge in [0.25, 0.3) is 11.8 Å². The maximum Gasteiger partial charge on any atom is 0.271 e. The molecule has 3 aromatic carbocycles. The van der Waals surface area contributed by atoms with E-state index in [1.165, 1.54) is 12.1 Å². The van der Waals surface area contributed by atoms with Crippen molar-refractivity contribution in [1.82, 2.24) is 20.4 Å². The zero-order chi connectivity index (χ0) is 22.8. The molecule has 4 aromatic rings. The van der Waals surface area contributed by atoms with Crippen LogP contribution in [0.15, 0.2) is 72.8 Å². The lowest BCUT2D eigenvalue weighted by Crippen LogP contribution is -2.46. The van der Waals surface area contributed by atoms with Gasteiger partial charge in [-0.3, -0.25) is 14.7 Å². The average molecular weight is 442 g/mol. The van der Waals surface area contributed by atoms with Crippen molar-refractivity contribution in [2.75, 3.05) is 13.1 Å². The number of aromatic nitrogens is 2. The van der Waals surface area contributed by atoms with E-state index in [0.29, 0.717) is 42.9 Å². The summed E-state index contributed by atoms with van der Waals surface area (Å²) >= 11 is 0. The first-order valence-corrected chi connectivity index (χ1v) is 11.0. The minimum absolute atomic E-state index is 0.0181. The Bertz CT molecular complexity index is 1310. The zero-order valence-electron chi connectivity index (χ0n) is 17.9. The van der Waals surface area contributed by atoms with E-state index in [0.717, 1.165) is 16.3 Å². The summed E-state index contributed by atoms with van der Waals surface area (Å²) in [4.78, 5) is 27.4. The van der Waals surface area contributed by atoms with Crippen LogP contribution in [0.25, 0.3) is 22.0 Å². The number of carbonyl (C=O) groups is 2. The van der Waals surface area contributed by atoms with Crippen LogP contribution >= 0.6 is 0 Å². The number of carbonyl (C=O) groups excluding carboxylic acids is 2. The lowest BCUT2D eigenvalue weighted by molar-refractivity contribution is 0.0692. The zero-order valence-corrected chi connectivity index (χ0v) is 17.9. The number of amides is 2. The van der Waals surface area contributed by atoms with Gasteiger partial charge in [0.15, 0.2) is 0 Å². The van der Waals surface area contributed by atoms with E-state index < -0.39 is 0 Å². The molecule has 0 saturated carbocycles. The molecule has 166 valence electrons. The smallest absolute Gasteiger partial charge is 0.271 e. The van der Waals surface area contributed by atoms with Gasteiger partial charge >= 0.3 is 0 Å². The second-order valence-corrected chi connectivity index (χ2v) is 8.28. The van der Waals surface area contributed by atoms with E-state index in [-0.39, 0.29) is 23.7 Å². The van der Waals surface area contributed by atoms with E-state index in [1.807, 2.05) is 42.5 Å². The standard InChI is InChI=1S/C26H23FN4O2/c27-21-9-7-18(8-10-21)23-16-24(30-29-23)26(33)31-13-11-22(12-14-31)28-25(32)20-6-5-17-3-1-2-4-19(17)15-20/h1-10,15-16,22H,11-14H2,(H,28,32)(H,29,30). The predicted molar refractivity (Wildman–Crippen MR) is 124 cm³/mol. The molecule has 7 heteroatoms. The van der Waals surface area contributed by atoms with Gasteiger partial charge < -0.3 is 10.2 Å². The highest BCUT2D eigenvalue weighted by Gasteiger charge is 2.26. The Hall–Kier alpha value is -4.00. The number of fused-ring (bicyclic) bond motifs is 1. The van der Waals surface area contributed by atoms with E-state index in [9.17, 15) is 14.0 Å². The van der Waals surface area contributed by atoms with Crippen molar-refractivity contribution in [3.63, 3.8) is 0 Å². The first-order chi connectivity index (χ1) is 16.1. The Morgan fingerprint density at radius 1 is 0.939 bits per heavy atom.